The maximum Gasteiger partial charge on any atom is 0.487 e. The van der Waals surface area contributed by atoms with E-state index >= 15 is 0 Å². The summed E-state index contributed by atoms with van der Waals surface area (Å²) in [6.45, 7) is 3.77. The smallest absolute Gasteiger partial charge is 0.275 e. The molecule has 0 atom stereocenters. The average molecular weight is 309 g/mol. The number of nitrogens with zero attached hydrogens (tertiary/aromatic N) is 1. The highest BCUT2D eigenvalue weighted by atomic mass is 19.4. The van der Waals surface area contributed by atoms with Gasteiger partial charge in [0.2, 0.25) is 5.91 Å². The Labute approximate surface area is 127 Å². The summed E-state index contributed by atoms with van der Waals surface area (Å²) >= 11 is 0. The SMILES string of the molecule is CCCCCCCCCCC(=O)N(CCCC)C(F)(F)F. The van der Waals surface area contributed by atoms with Crippen molar-refractivity contribution < 1.29 is 18.0 Å². The molecule has 0 aliphatic rings. The molecule has 1 amide bonds. The molecule has 0 aromatic heterocycles. The molecular formula is C16H30F3NO. The molecular weight excluding hydrogens is 279 g/mol. The first-order valence-corrected chi connectivity index (χ1v) is 8.30. The number of hydrogen-bond acceptors (Lipinski definition) is 1. The highest BCUT2D eigenvalue weighted by Crippen LogP contribution is 2.23. The summed E-state index contributed by atoms with van der Waals surface area (Å²) in [5.74, 6) is -0.776. The first kappa shape index (κ1) is 20.3. The molecule has 0 fully saturated rings. The van der Waals surface area contributed by atoms with Crippen LogP contribution in [0.3, 0.4) is 0 Å². The zero-order valence-electron chi connectivity index (χ0n) is 13.5. The Bertz CT molecular complexity index is 267. The van der Waals surface area contributed by atoms with Crippen molar-refractivity contribution >= 4 is 5.91 Å². The van der Waals surface area contributed by atoms with Crippen molar-refractivity contribution in [2.75, 3.05) is 6.54 Å². The van der Waals surface area contributed by atoms with Crippen LogP contribution >= 0.6 is 0 Å². The Morgan fingerprint density at radius 2 is 1.29 bits per heavy atom. The third kappa shape index (κ3) is 10.6. The first-order chi connectivity index (χ1) is 9.93. The van der Waals surface area contributed by atoms with Gasteiger partial charge in [0.05, 0.1) is 0 Å². The summed E-state index contributed by atoms with van der Waals surface area (Å²) in [4.78, 5) is 11.8. The molecule has 0 aliphatic carbocycles. The van der Waals surface area contributed by atoms with Gasteiger partial charge in [0, 0.05) is 13.0 Å². The third-order valence-electron chi connectivity index (χ3n) is 3.59. The van der Waals surface area contributed by atoms with Crippen LogP contribution in [0.15, 0.2) is 0 Å². The molecule has 0 spiro atoms. The lowest BCUT2D eigenvalue weighted by Crippen LogP contribution is -2.43. The second kappa shape index (κ2) is 11.9. The molecule has 0 N–H and O–H groups in total. The number of amides is 1. The van der Waals surface area contributed by atoms with Gasteiger partial charge >= 0.3 is 6.30 Å². The zero-order chi connectivity index (χ0) is 16.1. The minimum Gasteiger partial charge on any atom is -0.275 e. The van der Waals surface area contributed by atoms with E-state index in [0.717, 1.165) is 19.3 Å². The third-order valence-corrected chi connectivity index (χ3v) is 3.59. The molecule has 0 heterocycles. The lowest BCUT2D eigenvalue weighted by Gasteiger charge is -2.24. The molecule has 2 nitrogen and oxygen atoms in total. The van der Waals surface area contributed by atoms with E-state index in [0.29, 0.717) is 19.3 Å². The number of unbranched alkanes of at least 4 members (excludes halogenated alkanes) is 8. The van der Waals surface area contributed by atoms with E-state index in [1.165, 1.54) is 25.7 Å². The molecule has 0 radical (unpaired) electrons. The van der Waals surface area contributed by atoms with E-state index in [-0.39, 0.29) is 17.9 Å². The van der Waals surface area contributed by atoms with Gasteiger partial charge in [-0.25, -0.2) is 0 Å². The summed E-state index contributed by atoms with van der Waals surface area (Å²) in [7, 11) is 0. The monoisotopic (exact) mass is 309 g/mol. The molecule has 0 rings (SSSR count). The van der Waals surface area contributed by atoms with E-state index < -0.39 is 12.2 Å². The van der Waals surface area contributed by atoms with Crippen LogP contribution in [-0.4, -0.2) is 23.7 Å². The van der Waals surface area contributed by atoms with E-state index in [1.807, 2.05) is 6.92 Å². The summed E-state index contributed by atoms with van der Waals surface area (Å²) < 4.78 is 38.2. The quantitative estimate of drug-likeness (QED) is 0.336. The van der Waals surface area contributed by atoms with E-state index in [9.17, 15) is 18.0 Å². The minimum atomic E-state index is -4.54. The Balaban J connectivity index is 3.83. The van der Waals surface area contributed by atoms with Crippen LogP contribution in [0, 0.1) is 0 Å². The maximum atomic E-state index is 12.7. The first-order valence-electron chi connectivity index (χ1n) is 8.30. The Kier molecular flexibility index (Phi) is 11.5. The number of carbonyl (C=O) groups is 1. The summed E-state index contributed by atoms with van der Waals surface area (Å²) in [5.41, 5.74) is 0. The van der Waals surface area contributed by atoms with E-state index in [4.69, 9.17) is 0 Å². The van der Waals surface area contributed by atoms with Crippen molar-refractivity contribution in [2.24, 2.45) is 0 Å². The highest BCUT2D eigenvalue weighted by Gasteiger charge is 2.39. The molecule has 0 saturated heterocycles. The zero-order valence-corrected chi connectivity index (χ0v) is 13.5. The largest absolute Gasteiger partial charge is 0.487 e. The normalized spacial score (nSPS) is 11.7. The van der Waals surface area contributed by atoms with Crippen molar-refractivity contribution in [1.82, 2.24) is 4.90 Å². The Morgan fingerprint density at radius 3 is 1.76 bits per heavy atom. The lowest BCUT2D eigenvalue weighted by atomic mass is 10.1. The van der Waals surface area contributed by atoms with Crippen LogP contribution in [0.2, 0.25) is 0 Å². The van der Waals surface area contributed by atoms with Crippen LogP contribution < -0.4 is 0 Å². The van der Waals surface area contributed by atoms with Gasteiger partial charge in [-0.15, -0.1) is 13.2 Å². The molecule has 0 bridgehead atoms. The van der Waals surface area contributed by atoms with Gasteiger partial charge < -0.3 is 0 Å². The standard InChI is InChI=1S/C16H30F3NO/c1-3-5-7-8-9-10-11-12-13-15(21)20(14-6-4-2)16(17,18)19/h3-14H2,1-2H3. The molecule has 0 unspecified atom stereocenters. The van der Waals surface area contributed by atoms with Gasteiger partial charge in [0.1, 0.15) is 0 Å². The summed E-state index contributed by atoms with van der Waals surface area (Å²) in [5, 5.41) is 0. The number of alkyl halides is 3. The molecule has 0 aromatic carbocycles. The molecule has 0 aliphatic heterocycles. The molecule has 0 aromatic rings. The topological polar surface area (TPSA) is 20.3 Å². The van der Waals surface area contributed by atoms with Gasteiger partial charge in [-0.05, 0) is 12.8 Å². The fraction of sp³-hybridized carbons (Fsp3) is 0.938. The molecule has 126 valence electrons. The second-order valence-corrected chi connectivity index (χ2v) is 5.59. The summed E-state index contributed by atoms with van der Waals surface area (Å²) in [6.07, 6.45) is 4.93. The molecule has 21 heavy (non-hydrogen) atoms. The van der Waals surface area contributed by atoms with Gasteiger partial charge in [0.25, 0.3) is 0 Å². The predicted molar refractivity (Wildman–Crippen MR) is 79.9 cm³/mol. The van der Waals surface area contributed by atoms with Crippen LogP contribution in [0.4, 0.5) is 13.2 Å². The lowest BCUT2D eigenvalue weighted by molar-refractivity contribution is -0.240. The minimum absolute atomic E-state index is 0.0121. The fourth-order valence-corrected chi connectivity index (χ4v) is 2.25. The number of carbonyl (C=O) groups excluding carboxylic acids is 1. The maximum absolute atomic E-state index is 12.7. The van der Waals surface area contributed by atoms with Gasteiger partial charge in [-0.2, -0.15) is 0 Å². The van der Waals surface area contributed by atoms with Crippen LogP contribution in [0.1, 0.15) is 84.5 Å². The summed E-state index contributed by atoms with van der Waals surface area (Å²) in [6, 6.07) is 0. The van der Waals surface area contributed by atoms with Crippen molar-refractivity contribution in [3.05, 3.63) is 0 Å². The Hall–Kier alpha value is -0.740. The van der Waals surface area contributed by atoms with Gasteiger partial charge in [-0.3, -0.25) is 9.69 Å². The number of halogens is 3. The predicted octanol–water partition coefficient (Wildman–Crippen LogP) is 5.67. The number of rotatable bonds is 12. The van der Waals surface area contributed by atoms with Crippen molar-refractivity contribution in [3.63, 3.8) is 0 Å². The highest BCUT2D eigenvalue weighted by molar-refractivity contribution is 5.76. The van der Waals surface area contributed by atoms with Crippen molar-refractivity contribution in [1.29, 1.82) is 0 Å². The Morgan fingerprint density at radius 1 is 0.810 bits per heavy atom. The fourth-order valence-electron chi connectivity index (χ4n) is 2.25. The van der Waals surface area contributed by atoms with Crippen molar-refractivity contribution in [2.45, 2.75) is 90.8 Å². The van der Waals surface area contributed by atoms with Crippen LogP contribution in [0.25, 0.3) is 0 Å². The number of hydrogen-bond donors (Lipinski definition) is 0. The van der Waals surface area contributed by atoms with Gasteiger partial charge in [-0.1, -0.05) is 65.2 Å². The van der Waals surface area contributed by atoms with E-state index in [2.05, 4.69) is 6.92 Å². The molecule has 5 heteroatoms. The van der Waals surface area contributed by atoms with Crippen LogP contribution in [-0.2, 0) is 4.79 Å². The van der Waals surface area contributed by atoms with E-state index in [1.54, 1.807) is 0 Å². The average Bonchev–Trinajstić information content (AvgIpc) is 2.40. The second-order valence-electron chi connectivity index (χ2n) is 5.59. The van der Waals surface area contributed by atoms with Crippen LogP contribution in [0.5, 0.6) is 0 Å². The molecule has 0 saturated carbocycles. The van der Waals surface area contributed by atoms with Crippen molar-refractivity contribution in [3.8, 4) is 0 Å². The van der Waals surface area contributed by atoms with Gasteiger partial charge in [0.15, 0.2) is 0 Å².